The molecule has 1 rings (SSSR count). The van der Waals surface area contributed by atoms with Gasteiger partial charge in [0.1, 0.15) is 24.9 Å². The molecule has 1 saturated heterocycles. The Morgan fingerprint density at radius 2 is 1.68 bits per heavy atom. The van der Waals surface area contributed by atoms with Gasteiger partial charge in [-0.2, -0.15) is 0 Å². The van der Waals surface area contributed by atoms with E-state index in [1.165, 1.54) is 19.4 Å². The summed E-state index contributed by atoms with van der Waals surface area (Å²) in [6, 6.07) is 0. The van der Waals surface area contributed by atoms with E-state index in [0.29, 0.717) is 12.8 Å². The molecule has 1 aliphatic heterocycles. The second-order valence-corrected chi connectivity index (χ2v) is 8.87. The SMILES string of the molecule is C=CC(C)(CCC=C(C)CCC=C(C)CO)OC1OC(COC(C)=O)C(O)C(O)C1OC(C)=O. The largest absolute Gasteiger partial charge is 0.463 e. The highest BCUT2D eigenvalue weighted by molar-refractivity contribution is 5.66. The van der Waals surface area contributed by atoms with Crippen molar-refractivity contribution in [3.63, 3.8) is 0 Å². The molecule has 0 aromatic rings. The minimum Gasteiger partial charge on any atom is -0.463 e. The van der Waals surface area contributed by atoms with E-state index >= 15 is 0 Å². The molecular formula is C25H40O9. The first-order valence-corrected chi connectivity index (χ1v) is 11.5. The topological polar surface area (TPSA) is 132 Å². The third-order valence-electron chi connectivity index (χ3n) is 5.63. The molecule has 6 atom stereocenters. The van der Waals surface area contributed by atoms with Crippen LogP contribution in [0.5, 0.6) is 0 Å². The zero-order chi connectivity index (χ0) is 25.9. The summed E-state index contributed by atoms with van der Waals surface area (Å²) >= 11 is 0. The van der Waals surface area contributed by atoms with Crippen LogP contribution in [0, 0.1) is 0 Å². The number of aliphatic hydroxyl groups is 3. The van der Waals surface area contributed by atoms with Gasteiger partial charge in [0.05, 0.1) is 12.2 Å². The van der Waals surface area contributed by atoms with Crippen molar-refractivity contribution in [1.82, 2.24) is 0 Å². The monoisotopic (exact) mass is 484 g/mol. The van der Waals surface area contributed by atoms with Crippen LogP contribution in [-0.2, 0) is 28.5 Å². The molecule has 0 amide bonds. The lowest BCUT2D eigenvalue weighted by molar-refractivity contribution is -0.322. The van der Waals surface area contributed by atoms with Gasteiger partial charge in [-0.05, 0) is 46.5 Å². The Balaban J connectivity index is 2.88. The number of carbonyl (C=O) groups excluding carboxylic acids is 2. The lowest BCUT2D eigenvalue weighted by Crippen LogP contribution is -2.61. The quantitative estimate of drug-likeness (QED) is 0.266. The van der Waals surface area contributed by atoms with Crippen molar-refractivity contribution >= 4 is 11.9 Å². The molecule has 0 saturated carbocycles. The summed E-state index contributed by atoms with van der Waals surface area (Å²) < 4.78 is 22.0. The number of carbonyl (C=O) groups is 2. The average Bonchev–Trinajstić information content (AvgIpc) is 2.77. The molecule has 0 aliphatic carbocycles. The molecule has 1 fully saturated rings. The molecule has 1 aliphatic rings. The number of esters is 2. The maximum Gasteiger partial charge on any atom is 0.303 e. The minimum absolute atomic E-state index is 0.0584. The van der Waals surface area contributed by atoms with Crippen molar-refractivity contribution in [3.05, 3.63) is 36.0 Å². The van der Waals surface area contributed by atoms with Crippen molar-refractivity contribution in [2.75, 3.05) is 13.2 Å². The Morgan fingerprint density at radius 1 is 1.03 bits per heavy atom. The maximum atomic E-state index is 11.6. The highest BCUT2D eigenvalue weighted by Crippen LogP contribution is 2.31. The Morgan fingerprint density at radius 3 is 2.24 bits per heavy atom. The lowest BCUT2D eigenvalue weighted by atomic mass is 9.96. The van der Waals surface area contributed by atoms with E-state index in [4.69, 9.17) is 24.1 Å². The van der Waals surface area contributed by atoms with Crippen LogP contribution >= 0.6 is 0 Å². The minimum atomic E-state index is -1.50. The van der Waals surface area contributed by atoms with E-state index in [-0.39, 0.29) is 13.2 Å². The van der Waals surface area contributed by atoms with Crippen LogP contribution < -0.4 is 0 Å². The molecule has 0 radical (unpaired) electrons. The second kappa shape index (κ2) is 14.4. The first-order chi connectivity index (χ1) is 15.9. The highest BCUT2D eigenvalue weighted by atomic mass is 16.7. The Bertz CT molecular complexity index is 743. The van der Waals surface area contributed by atoms with E-state index in [1.807, 2.05) is 19.9 Å². The molecule has 0 aromatic carbocycles. The van der Waals surface area contributed by atoms with Gasteiger partial charge in [-0.3, -0.25) is 9.59 Å². The molecule has 194 valence electrons. The first kappa shape index (κ1) is 30.0. The van der Waals surface area contributed by atoms with Gasteiger partial charge in [0, 0.05) is 13.8 Å². The summed E-state index contributed by atoms with van der Waals surface area (Å²) in [6.45, 7) is 11.7. The second-order valence-electron chi connectivity index (χ2n) is 8.87. The van der Waals surface area contributed by atoms with Crippen LogP contribution in [0.1, 0.15) is 60.3 Å². The number of hydrogen-bond donors (Lipinski definition) is 3. The zero-order valence-electron chi connectivity index (χ0n) is 20.9. The Labute approximate surface area is 202 Å². The predicted octanol–water partition coefficient (Wildman–Crippen LogP) is 2.33. The average molecular weight is 485 g/mol. The lowest BCUT2D eigenvalue weighted by Gasteiger charge is -2.44. The third kappa shape index (κ3) is 10.1. The predicted molar refractivity (Wildman–Crippen MR) is 126 cm³/mol. The fourth-order valence-electron chi connectivity index (χ4n) is 3.45. The van der Waals surface area contributed by atoms with Gasteiger partial charge in [-0.15, -0.1) is 6.58 Å². The van der Waals surface area contributed by atoms with Crippen LogP contribution in [0.4, 0.5) is 0 Å². The van der Waals surface area contributed by atoms with Crippen LogP contribution in [0.15, 0.2) is 36.0 Å². The fourth-order valence-corrected chi connectivity index (χ4v) is 3.45. The molecule has 9 nitrogen and oxygen atoms in total. The van der Waals surface area contributed by atoms with Crippen molar-refractivity contribution < 1.29 is 43.9 Å². The van der Waals surface area contributed by atoms with Crippen LogP contribution in [0.2, 0.25) is 0 Å². The van der Waals surface area contributed by atoms with E-state index in [2.05, 4.69) is 12.7 Å². The van der Waals surface area contributed by atoms with E-state index < -0.39 is 48.2 Å². The van der Waals surface area contributed by atoms with E-state index in [9.17, 15) is 19.8 Å². The standard InChI is InChI=1S/C25H40O9/c1-7-25(6,13-9-12-16(2)10-8-11-17(3)14-26)34-24-23(32-19(5)28)22(30)21(29)20(33-24)15-31-18(4)27/h7,11-12,20-24,26,29-30H,1,8-10,13-15H2,2-6H3. The van der Waals surface area contributed by atoms with Gasteiger partial charge in [-0.1, -0.05) is 29.4 Å². The molecule has 34 heavy (non-hydrogen) atoms. The first-order valence-electron chi connectivity index (χ1n) is 11.5. The number of ether oxygens (including phenoxy) is 4. The smallest absolute Gasteiger partial charge is 0.303 e. The zero-order valence-corrected chi connectivity index (χ0v) is 20.9. The van der Waals surface area contributed by atoms with Gasteiger partial charge >= 0.3 is 11.9 Å². The number of hydrogen-bond acceptors (Lipinski definition) is 9. The van der Waals surface area contributed by atoms with Crippen molar-refractivity contribution in [2.24, 2.45) is 0 Å². The van der Waals surface area contributed by atoms with Gasteiger partial charge in [0.15, 0.2) is 12.4 Å². The summed E-state index contributed by atoms with van der Waals surface area (Å²) in [4.78, 5) is 22.8. The van der Waals surface area contributed by atoms with E-state index in [0.717, 1.165) is 18.4 Å². The van der Waals surface area contributed by atoms with E-state index in [1.54, 1.807) is 13.0 Å². The molecule has 9 heteroatoms. The molecule has 0 bridgehead atoms. The van der Waals surface area contributed by atoms with Crippen molar-refractivity contribution in [3.8, 4) is 0 Å². The Hall–Kier alpha value is -2.04. The summed E-state index contributed by atoms with van der Waals surface area (Å²) in [5.41, 5.74) is 1.23. The third-order valence-corrected chi connectivity index (χ3v) is 5.63. The molecule has 0 spiro atoms. The van der Waals surface area contributed by atoms with Crippen LogP contribution in [-0.4, -0.2) is 76.8 Å². The molecule has 3 N–H and O–H groups in total. The Kier molecular flexibility index (Phi) is 12.7. The number of allylic oxidation sites excluding steroid dienone is 3. The maximum absolute atomic E-state index is 11.6. The molecule has 1 heterocycles. The summed E-state index contributed by atoms with van der Waals surface area (Å²) in [5.74, 6) is -1.23. The number of aliphatic hydroxyl groups excluding tert-OH is 3. The summed E-state index contributed by atoms with van der Waals surface area (Å²) in [7, 11) is 0. The normalized spacial score (nSPS) is 27.6. The van der Waals surface area contributed by atoms with Gasteiger partial charge in [0.2, 0.25) is 0 Å². The van der Waals surface area contributed by atoms with Crippen LogP contribution in [0.25, 0.3) is 0 Å². The fraction of sp³-hybridized carbons (Fsp3) is 0.680. The number of rotatable bonds is 13. The van der Waals surface area contributed by atoms with Gasteiger partial charge < -0.3 is 34.3 Å². The van der Waals surface area contributed by atoms with Gasteiger partial charge in [0.25, 0.3) is 0 Å². The summed E-state index contributed by atoms with van der Waals surface area (Å²) in [6.07, 6.45) is 2.10. The van der Waals surface area contributed by atoms with Crippen LogP contribution in [0.3, 0.4) is 0 Å². The molecular weight excluding hydrogens is 444 g/mol. The molecule has 0 aromatic heterocycles. The van der Waals surface area contributed by atoms with Crippen molar-refractivity contribution in [1.29, 1.82) is 0 Å². The summed E-state index contributed by atoms with van der Waals surface area (Å²) in [5, 5.41) is 30.0. The highest BCUT2D eigenvalue weighted by Gasteiger charge is 2.49. The molecule has 6 unspecified atom stereocenters. The van der Waals surface area contributed by atoms with Gasteiger partial charge in [-0.25, -0.2) is 0 Å². The van der Waals surface area contributed by atoms with Crippen molar-refractivity contribution in [2.45, 2.75) is 96.6 Å².